The number of hydrogen-bond acceptors (Lipinski definition) is 2. The van der Waals surface area contributed by atoms with Crippen molar-refractivity contribution in [2.75, 3.05) is 0 Å². The minimum Gasteiger partial charge on any atom is -0.198 e. The van der Waals surface area contributed by atoms with Crippen molar-refractivity contribution in [2.45, 2.75) is 6.92 Å². The summed E-state index contributed by atoms with van der Waals surface area (Å²) in [5.74, 6) is -0.118. The first-order chi connectivity index (χ1) is 6.11. The zero-order valence-electron chi connectivity index (χ0n) is 6.88. The van der Waals surface area contributed by atoms with E-state index in [2.05, 4.69) is 57.3 Å². The molecule has 0 aliphatic heterocycles. The average molecular weight is 396 g/mol. The van der Waals surface area contributed by atoms with E-state index in [0.717, 1.165) is 3.58 Å². The molecule has 0 aromatic heterocycles. The first-order valence-corrected chi connectivity index (χ1v) is 5.84. The van der Waals surface area contributed by atoms with Crippen LogP contribution in [0.15, 0.2) is 18.8 Å². The molecule has 0 bridgehead atoms. The first kappa shape index (κ1) is 11.0. The molecule has 0 heterocycles. The molecule has 0 saturated carbocycles. The fourth-order valence-electron chi connectivity index (χ4n) is 1.21. The van der Waals surface area contributed by atoms with Gasteiger partial charge in [0.05, 0.1) is 18.1 Å². The van der Waals surface area contributed by atoms with E-state index < -0.39 is 0 Å². The zero-order valence-corrected chi connectivity index (χ0v) is 11.2. The highest BCUT2D eigenvalue weighted by atomic mass is 127. The Hall–Kier alpha value is -0.0800. The van der Waals surface area contributed by atoms with Crippen LogP contribution < -0.4 is 0 Å². The van der Waals surface area contributed by atoms with Crippen LogP contribution in [0.1, 0.15) is 6.92 Å². The van der Waals surface area contributed by atoms with Gasteiger partial charge in [-0.3, -0.25) is 0 Å². The maximum absolute atomic E-state index is 8.90. The third kappa shape index (κ3) is 2.05. The van der Waals surface area contributed by atoms with Crippen molar-refractivity contribution in [2.24, 2.45) is 11.8 Å². The summed E-state index contributed by atoms with van der Waals surface area (Å²) in [6.45, 7) is 1.98. The molecule has 0 amide bonds. The maximum atomic E-state index is 8.90. The van der Waals surface area contributed by atoms with Gasteiger partial charge in [-0.05, 0) is 51.3 Å². The summed E-state index contributed by atoms with van der Waals surface area (Å²) < 4.78 is 2.25. The van der Waals surface area contributed by atoms with E-state index in [9.17, 15) is 0 Å². The minimum atomic E-state index is -0.268. The third-order valence-electron chi connectivity index (χ3n) is 2.01. The second-order valence-electron chi connectivity index (χ2n) is 2.80. The summed E-state index contributed by atoms with van der Waals surface area (Å²) in [5.41, 5.74) is 0.583. The largest absolute Gasteiger partial charge is 0.198 e. The molecule has 1 aliphatic carbocycles. The second kappa shape index (κ2) is 4.43. The number of nitriles is 2. The Bertz CT molecular complexity index is 368. The van der Waals surface area contributed by atoms with Crippen molar-refractivity contribution in [1.29, 1.82) is 10.5 Å². The predicted octanol–water partition coefficient (Wildman–Crippen LogP) is 3.31. The lowest BCUT2D eigenvalue weighted by atomic mass is 9.85. The molecular formula is C9H6I2N2. The van der Waals surface area contributed by atoms with Crippen molar-refractivity contribution in [3.05, 3.63) is 18.8 Å². The lowest BCUT2D eigenvalue weighted by Crippen LogP contribution is -2.15. The van der Waals surface area contributed by atoms with E-state index in [-0.39, 0.29) is 11.8 Å². The van der Waals surface area contributed by atoms with Gasteiger partial charge in [-0.1, -0.05) is 6.92 Å². The van der Waals surface area contributed by atoms with Crippen LogP contribution >= 0.6 is 45.2 Å². The molecule has 0 radical (unpaired) electrons. The van der Waals surface area contributed by atoms with Crippen molar-refractivity contribution in [3.8, 4) is 12.1 Å². The Balaban J connectivity index is 3.19. The molecular weight excluding hydrogens is 390 g/mol. The Morgan fingerprint density at radius 2 is 2.00 bits per heavy atom. The molecule has 0 aromatic carbocycles. The first-order valence-electron chi connectivity index (χ1n) is 3.68. The molecule has 0 fully saturated rings. The topological polar surface area (TPSA) is 47.6 Å². The summed E-state index contributed by atoms with van der Waals surface area (Å²) in [6.07, 6.45) is 1.80. The van der Waals surface area contributed by atoms with Crippen LogP contribution in [0.25, 0.3) is 0 Å². The molecule has 2 unspecified atom stereocenters. The zero-order chi connectivity index (χ0) is 10.0. The fraction of sp³-hybridized carbons (Fsp3) is 0.333. The van der Waals surface area contributed by atoms with E-state index in [4.69, 9.17) is 10.5 Å². The van der Waals surface area contributed by atoms with Gasteiger partial charge in [0, 0.05) is 18.7 Å². The van der Waals surface area contributed by atoms with Gasteiger partial charge in [0.2, 0.25) is 0 Å². The lowest BCUT2D eigenvalue weighted by molar-refractivity contribution is 0.594. The molecule has 1 aliphatic rings. The van der Waals surface area contributed by atoms with Gasteiger partial charge in [0.15, 0.2) is 0 Å². The Kier molecular flexibility index (Phi) is 3.74. The Morgan fingerprint density at radius 3 is 2.46 bits per heavy atom. The molecule has 13 heavy (non-hydrogen) atoms. The van der Waals surface area contributed by atoms with Crippen LogP contribution in [0.2, 0.25) is 0 Å². The summed E-state index contributed by atoms with van der Waals surface area (Å²) >= 11 is 4.44. The Morgan fingerprint density at radius 1 is 1.38 bits per heavy atom. The number of nitrogens with zero attached hydrogens (tertiary/aromatic N) is 2. The van der Waals surface area contributed by atoms with E-state index in [1.807, 2.05) is 6.92 Å². The van der Waals surface area contributed by atoms with Gasteiger partial charge in [0.1, 0.15) is 0 Å². The molecule has 0 aromatic rings. The smallest absolute Gasteiger partial charge is 0.0961 e. The number of halogens is 2. The van der Waals surface area contributed by atoms with Crippen LogP contribution in [-0.2, 0) is 0 Å². The maximum Gasteiger partial charge on any atom is 0.0961 e. The van der Waals surface area contributed by atoms with Crippen molar-refractivity contribution >= 4 is 45.2 Å². The van der Waals surface area contributed by atoms with E-state index >= 15 is 0 Å². The average Bonchev–Trinajstić information content (AvgIpc) is 2.13. The summed E-state index contributed by atoms with van der Waals surface area (Å²) in [5, 5.41) is 17.7. The molecule has 66 valence electrons. The molecule has 1 rings (SSSR count). The van der Waals surface area contributed by atoms with Gasteiger partial charge in [-0.25, -0.2) is 0 Å². The van der Waals surface area contributed by atoms with Gasteiger partial charge in [-0.15, -0.1) is 0 Å². The lowest BCUT2D eigenvalue weighted by Gasteiger charge is -2.21. The minimum absolute atomic E-state index is 0.150. The summed E-state index contributed by atoms with van der Waals surface area (Å²) in [4.78, 5) is 0. The highest BCUT2D eigenvalue weighted by molar-refractivity contribution is 14.1. The van der Waals surface area contributed by atoms with E-state index in [1.54, 1.807) is 6.08 Å². The second-order valence-corrected chi connectivity index (χ2v) is 5.13. The summed E-state index contributed by atoms with van der Waals surface area (Å²) in [7, 11) is 0. The molecule has 2 nitrogen and oxygen atoms in total. The normalized spacial score (nSPS) is 27.6. The molecule has 0 spiro atoms. The number of hydrogen-bond donors (Lipinski definition) is 0. The molecule has 2 atom stereocenters. The molecule has 4 heteroatoms. The van der Waals surface area contributed by atoms with Gasteiger partial charge in [-0.2, -0.15) is 10.5 Å². The van der Waals surface area contributed by atoms with Gasteiger partial charge < -0.3 is 0 Å². The molecule has 0 N–H and O–H groups in total. The highest BCUT2D eigenvalue weighted by Gasteiger charge is 2.28. The van der Waals surface area contributed by atoms with Crippen molar-refractivity contribution in [1.82, 2.24) is 0 Å². The monoisotopic (exact) mass is 396 g/mol. The highest BCUT2D eigenvalue weighted by Crippen LogP contribution is 2.39. The standard InChI is InChI=1S/C9H6I2N2/c1-5-7(4-13)6(3-12)2-8(10)9(5)11/h2,5,7H,1H3. The fourth-order valence-corrected chi connectivity index (χ4v) is 2.55. The van der Waals surface area contributed by atoms with Gasteiger partial charge in [0.25, 0.3) is 0 Å². The van der Waals surface area contributed by atoms with Crippen LogP contribution in [0, 0.1) is 34.5 Å². The molecule has 0 saturated heterocycles. The quantitative estimate of drug-likeness (QED) is 0.591. The van der Waals surface area contributed by atoms with E-state index in [0.29, 0.717) is 5.57 Å². The Labute approximate surface area is 105 Å². The van der Waals surface area contributed by atoms with E-state index in [1.165, 1.54) is 3.58 Å². The number of allylic oxidation sites excluding steroid dienone is 4. The van der Waals surface area contributed by atoms with Crippen molar-refractivity contribution < 1.29 is 0 Å². The number of rotatable bonds is 0. The van der Waals surface area contributed by atoms with Gasteiger partial charge >= 0.3 is 0 Å². The van der Waals surface area contributed by atoms with Crippen LogP contribution in [-0.4, -0.2) is 0 Å². The van der Waals surface area contributed by atoms with Crippen LogP contribution in [0.3, 0.4) is 0 Å². The van der Waals surface area contributed by atoms with Crippen LogP contribution in [0.4, 0.5) is 0 Å². The predicted molar refractivity (Wildman–Crippen MR) is 67.0 cm³/mol. The van der Waals surface area contributed by atoms with Crippen LogP contribution in [0.5, 0.6) is 0 Å². The SMILES string of the molecule is CC1C(I)=C(I)C=C(C#N)C1C#N. The summed E-state index contributed by atoms with van der Waals surface area (Å²) in [6, 6.07) is 4.26. The third-order valence-corrected chi connectivity index (χ3v) is 5.50. The van der Waals surface area contributed by atoms with Crippen molar-refractivity contribution in [3.63, 3.8) is 0 Å².